The molecule has 38 heavy (non-hydrogen) atoms. The zero-order valence-corrected chi connectivity index (χ0v) is 22.8. The van der Waals surface area contributed by atoms with Gasteiger partial charge in [0.15, 0.2) is 0 Å². The van der Waals surface area contributed by atoms with Crippen molar-refractivity contribution in [3.8, 4) is 5.75 Å². The average Bonchev–Trinajstić information content (AvgIpc) is 3.42. The van der Waals surface area contributed by atoms with Crippen molar-refractivity contribution in [1.82, 2.24) is 15.1 Å². The summed E-state index contributed by atoms with van der Waals surface area (Å²) in [6, 6.07) is 4.31. The van der Waals surface area contributed by atoms with Crippen LogP contribution in [0.5, 0.6) is 5.75 Å². The molecule has 5 aliphatic rings. The van der Waals surface area contributed by atoms with E-state index in [9.17, 15) is 14.3 Å². The van der Waals surface area contributed by atoms with Crippen LogP contribution in [-0.4, -0.2) is 74.7 Å². The molecule has 0 aliphatic carbocycles. The van der Waals surface area contributed by atoms with Gasteiger partial charge in [0.2, 0.25) is 0 Å². The minimum atomic E-state index is -0.786. The van der Waals surface area contributed by atoms with E-state index in [4.69, 9.17) is 21.7 Å². The van der Waals surface area contributed by atoms with E-state index in [1.165, 1.54) is 18.2 Å². The van der Waals surface area contributed by atoms with E-state index in [1.807, 2.05) is 20.8 Å². The smallest absolute Gasteiger partial charge is 0.258 e. The molecule has 4 fully saturated rings. The van der Waals surface area contributed by atoms with Gasteiger partial charge in [0.1, 0.15) is 23.5 Å². The molecule has 8 nitrogen and oxygen atoms in total. The molecular formula is C28H33ClFN5O3. The number of hydrogen-bond donors (Lipinski definition) is 3. The Morgan fingerprint density at radius 3 is 2.82 bits per heavy atom. The number of amides is 1. The molecule has 6 rings (SSSR count). The van der Waals surface area contributed by atoms with Crippen LogP contribution in [0.25, 0.3) is 0 Å². The van der Waals surface area contributed by atoms with Crippen molar-refractivity contribution in [3.05, 3.63) is 51.7 Å². The lowest BCUT2D eigenvalue weighted by Gasteiger charge is -2.53. The number of aliphatic hydroxyl groups is 1. The number of hydrogen-bond acceptors (Lipinski definition) is 7. The van der Waals surface area contributed by atoms with Gasteiger partial charge in [-0.15, -0.1) is 0 Å². The van der Waals surface area contributed by atoms with E-state index >= 15 is 0 Å². The highest BCUT2D eigenvalue weighted by Gasteiger charge is 2.69. The topological polar surface area (TPSA) is 101 Å². The Labute approximate surface area is 226 Å². The van der Waals surface area contributed by atoms with Gasteiger partial charge < -0.3 is 25.5 Å². The summed E-state index contributed by atoms with van der Waals surface area (Å²) in [4.78, 5) is 22.2. The number of allylic oxidation sites excluding steroid dienone is 2. The Kier molecular flexibility index (Phi) is 5.79. The fourth-order valence-corrected chi connectivity index (χ4v) is 7.32. The van der Waals surface area contributed by atoms with E-state index in [0.29, 0.717) is 41.0 Å². The molecule has 1 unspecified atom stereocenters. The van der Waals surface area contributed by atoms with Crippen LogP contribution in [0.15, 0.2) is 45.3 Å². The monoisotopic (exact) mass is 541 g/mol. The number of benzene rings is 1. The Balaban J connectivity index is 1.26. The van der Waals surface area contributed by atoms with Crippen LogP contribution in [-0.2, 0) is 0 Å². The first-order valence-electron chi connectivity index (χ1n) is 13.2. The Morgan fingerprint density at radius 2 is 2.11 bits per heavy atom. The highest BCUT2D eigenvalue weighted by atomic mass is 35.5. The fourth-order valence-electron chi connectivity index (χ4n) is 7.10. The second-order valence-corrected chi connectivity index (χ2v) is 12.0. The molecule has 4 saturated heterocycles. The SMILES string of the molecule is CCC1=N/C(=C2\CN(C(=O)c3ccc(F)cc3O[C@@H]3C[C@H]4N5[C@@H](CC35C)C[C@@]4(C)O)CC2=N)NC(C)=C1Cl. The highest BCUT2D eigenvalue weighted by molar-refractivity contribution is 6.44. The van der Waals surface area contributed by atoms with Crippen molar-refractivity contribution < 1.29 is 19.0 Å². The summed E-state index contributed by atoms with van der Waals surface area (Å²) >= 11 is 6.35. The van der Waals surface area contributed by atoms with Crippen molar-refractivity contribution in [1.29, 1.82) is 5.41 Å². The van der Waals surface area contributed by atoms with Crippen molar-refractivity contribution in [2.24, 2.45) is 4.99 Å². The normalized spacial score (nSPS) is 36.3. The number of halogens is 2. The lowest BCUT2D eigenvalue weighted by molar-refractivity contribution is -0.0669. The maximum absolute atomic E-state index is 14.4. The first-order chi connectivity index (χ1) is 17.9. The fraction of sp³-hybridized carbons (Fsp3) is 0.536. The summed E-state index contributed by atoms with van der Waals surface area (Å²) < 4.78 is 20.8. The van der Waals surface area contributed by atoms with Gasteiger partial charge >= 0.3 is 0 Å². The molecule has 3 N–H and O–H groups in total. The van der Waals surface area contributed by atoms with Crippen molar-refractivity contribution >= 4 is 28.9 Å². The molecule has 1 aromatic rings. The van der Waals surface area contributed by atoms with Crippen LogP contribution in [0.3, 0.4) is 0 Å². The number of likely N-dealkylation sites (tertiary alicyclic amines) is 1. The van der Waals surface area contributed by atoms with Gasteiger partial charge in [-0.2, -0.15) is 0 Å². The number of nitrogens with zero attached hydrogens (tertiary/aromatic N) is 3. The molecule has 10 heteroatoms. The first kappa shape index (κ1) is 25.5. The number of aliphatic imine (C=N–C) groups is 1. The molecule has 0 bridgehead atoms. The van der Waals surface area contributed by atoms with Crippen LogP contribution < -0.4 is 10.1 Å². The van der Waals surface area contributed by atoms with Gasteiger partial charge in [-0.1, -0.05) is 18.5 Å². The molecule has 5 aliphatic heterocycles. The van der Waals surface area contributed by atoms with Crippen molar-refractivity contribution in [3.63, 3.8) is 0 Å². The minimum absolute atomic E-state index is 0.0141. The molecule has 5 atom stereocenters. The number of carbonyl (C=O) groups is 1. The lowest BCUT2D eigenvalue weighted by Crippen LogP contribution is -2.64. The Hall–Kier alpha value is -2.75. The Morgan fingerprint density at radius 1 is 1.34 bits per heavy atom. The van der Waals surface area contributed by atoms with Gasteiger partial charge in [0.05, 0.1) is 46.2 Å². The van der Waals surface area contributed by atoms with Crippen LogP contribution in [0.4, 0.5) is 4.39 Å². The maximum atomic E-state index is 14.4. The van der Waals surface area contributed by atoms with Crippen LogP contribution >= 0.6 is 11.6 Å². The third-order valence-corrected chi connectivity index (χ3v) is 9.52. The third-order valence-electron chi connectivity index (χ3n) is 9.01. The quantitative estimate of drug-likeness (QED) is 0.536. The first-order valence-corrected chi connectivity index (χ1v) is 13.6. The summed E-state index contributed by atoms with van der Waals surface area (Å²) in [6.45, 7) is 8.14. The summed E-state index contributed by atoms with van der Waals surface area (Å²) in [6.07, 6.45) is 2.64. The lowest BCUT2D eigenvalue weighted by atomic mass is 9.76. The molecule has 0 radical (unpaired) electrons. The van der Waals surface area contributed by atoms with Gasteiger partial charge in [0, 0.05) is 35.8 Å². The second-order valence-electron chi connectivity index (χ2n) is 11.6. The zero-order valence-electron chi connectivity index (χ0n) is 22.1. The van der Waals surface area contributed by atoms with E-state index in [0.717, 1.165) is 24.3 Å². The van der Waals surface area contributed by atoms with E-state index in [-0.39, 0.29) is 48.0 Å². The van der Waals surface area contributed by atoms with E-state index in [2.05, 4.69) is 22.1 Å². The van der Waals surface area contributed by atoms with Crippen molar-refractivity contribution in [2.45, 2.75) is 82.7 Å². The minimum Gasteiger partial charge on any atom is -0.487 e. The molecule has 1 amide bonds. The number of rotatable bonds is 4. The molecular weight excluding hydrogens is 509 g/mol. The van der Waals surface area contributed by atoms with Crippen LogP contribution in [0.1, 0.15) is 63.7 Å². The van der Waals surface area contributed by atoms with Crippen LogP contribution in [0, 0.1) is 11.2 Å². The zero-order chi connectivity index (χ0) is 27.1. The number of carbonyl (C=O) groups excluding carboxylic acids is 1. The molecule has 5 heterocycles. The summed E-state index contributed by atoms with van der Waals surface area (Å²) in [5.74, 6) is -0.0811. The highest BCUT2D eigenvalue weighted by Crippen LogP contribution is 2.58. The summed E-state index contributed by atoms with van der Waals surface area (Å²) in [5.41, 5.74) is 1.63. The predicted molar refractivity (Wildman–Crippen MR) is 143 cm³/mol. The van der Waals surface area contributed by atoms with Gasteiger partial charge in [-0.05, 0) is 52.2 Å². The second kappa shape index (κ2) is 8.63. The molecule has 0 saturated carbocycles. The maximum Gasteiger partial charge on any atom is 0.258 e. The summed E-state index contributed by atoms with van der Waals surface area (Å²) in [5, 5.41) is 23.3. The van der Waals surface area contributed by atoms with Gasteiger partial charge in [-0.25, -0.2) is 9.38 Å². The molecule has 1 aromatic carbocycles. The standard InChI is InChI=1S/C28H33ClFN5O3/c1-5-20-24(29)14(2)32-25(33-20)18-12-34(13-19(18)31)26(36)17-7-6-15(30)8-21(17)38-23-9-22-28(4,37)11-16-10-27(23,3)35(16)22/h6-8,16,22-23,31-32,37H,5,9-13H2,1-4H3/b25-18+,31-19?/t16-,22+,23+,27?,28+/m0/s1. The number of ether oxygens (including phenoxy) is 1. The molecule has 202 valence electrons. The van der Waals surface area contributed by atoms with Gasteiger partial charge in [-0.3, -0.25) is 9.69 Å². The average molecular weight is 542 g/mol. The largest absolute Gasteiger partial charge is 0.487 e. The van der Waals surface area contributed by atoms with E-state index < -0.39 is 11.4 Å². The molecule has 0 spiro atoms. The van der Waals surface area contributed by atoms with Crippen molar-refractivity contribution in [2.75, 3.05) is 13.1 Å². The Bertz CT molecular complexity index is 1350. The van der Waals surface area contributed by atoms with E-state index in [1.54, 1.807) is 4.90 Å². The molecule has 0 aromatic heterocycles. The number of nitrogens with one attached hydrogen (secondary N) is 2. The van der Waals surface area contributed by atoms with Crippen LogP contribution in [0.2, 0.25) is 0 Å². The third kappa shape index (κ3) is 3.73. The summed E-state index contributed by atoms with van der Waals surface area (Å²) in [7, 11) is 0. The van der Waals surface area contributed by atoms with Gasteiger partial charge in [0.25, 0.3) is 5.91 Å². The predicted octanol–water partition coefficient (Wildman–Crippen LogP) is 3.94.